The van der Waals surface area contributed by atoms with E-state index in [1.165, 1.54) is 0 Å². The highest BCUT2D eigenvalue weighted by Crippen LogP contribution is 2.32. The molecule has 2 aromatic carbocycles. The van der Waals surface area contributed by atoms with E-state index in [4.69, 9.17) is 19.4 Å². The fourth-order valence-electron chi connectivity index (χ4n) is 5.72. The van der Waals surface area contributed by atoms with Gasteiger partial charge in [-0.15, -0.1) is 0 Å². The highest BCUT2D eigenvalue weighted by molar-refractivity contribution is 5.94. The maximum atomic E-state index is 13.3. The van der Waals surface area contributed by atoms with Crippen molar-refractivity contribution in [3.8, 4) is 17.3 Å². The Morgan fingerprint density at radius 1 is 0.957 bits per heavy atom. The second-order valence-electron chi connectivity index (χ2n) is 11.4. The van der Waals surface area contributed by atoms with Crippen LogP contribution in [0.4, 0.5) is 17.3 Å². The number of nitrogens with zero attached hydrogens (tertiary/aromatic N) is 7. The molecule has 2 aliphatic rings. The molecular formula is C35H34N8O3. The molecule has 11 heteroatoms. The summed E-state index contributed by atoms with van der Waals surface area (Å²) in [7, 11) is 0. The van der Waals surface area contributed by atoms with Crippen molar-refractivity contribution in [2.45, 2.75) is 32.5 Å². The van der Waals surface area contributed by atoms with Crippen LogP contribution in [0.15, 0.2) is 91.5 Å². The lowest BCUT2D eigenvalue weighted by Gasteiger charge is -2.37. The van der Waals surface area contributed by atoms with Gasteiger partial charge in [0.15, 0.2) is 11.6 Å². The molecule has 2 aliphatic heterocycles. The largest absolute Gasteiger partial charge is 0.472 e. The number of pyridine rings is 1. The number of carbonyl (C=O) groups excluding carboxylic acids is 1. The number of nitrogens with one attached hydrogen (secondary N) is 1. The Labute approximate surface area is 267 Å². The van der Waals surface area contributed by atoms with Gasteiger partial charge in [0.1, 0.15) is 12.4 Å². The van der Waals surface area contributed by atoms with Crippen molar-refractivity contribution in [3.63, 3.8) is 0 Å². The minimum atomic E-state index is -0.0479. The summed E-state index contributed by atoms with van der Waals surface area (Å²) < 4.78 is 11.6. The zero-order chi connectivity index (χ0) is 31.3. The van der Waals surface area contributed by atoms with Gasteiger partial charge in [-0.3, -0.25) is 14.8 Å². The van der Waals surface area contributed by atoms with Gasteiger partial charge in [0.25, 0.3) is 5.91 Å². The fourth-order valence-corrected chi connectivity index (χ4v) is 5.72. The SMILES string of the molecule is CC1COCCN1c1nc(-c2ccc(Nc3cncc(OCc4ccccc4)n3)cc2)nc2c1CCN(C(=O)c1cccnc1)C2. The standard InChI is InChI=1S/C35H34N8O3/c1-24-22-45-17-16-43(24)34-29-13-15-42(35(44)27-8-5-14-36-18-27)21-30(29)39-33(41-34)26-9-11-28(12-10-26)38-31-19-37-20-32(40-31)46-23-25-6-3-2-4-7-25/h2-12,14,18-20,24H,13,15-17,21-23H2,1H3,(H,38,40). The Hall–Kier alpha value is -5.42. The Balaban J connectivity index is 1.12. The molecule has 1 atom stereocenters. The van der Waals surface area contributed by atoms with Gasteiger partial charge >= 0.3 is 0 Å². The molecule has 1 unspecified atom stereocenters. The Kier molecular flexibility index (Phi) is 8.46. The predicted molar refractivity (Wildman–Crippen MR) is 174 cm³/mol. The smallest absolute Gasteiger partial charge is 0.255 e. The van der Waals surface area contributed by atoms with Crippen LogP contribution in [0.1, 0.15) is 34.1 Å². The summed E-state index contributed by atoms with van der Waals surface area (Å²) in [6, 6.07) is 21.6. The van der Waals surface area contributed by atoms with Gasteiger partial charge in [-0.2, -0.15) is 4.98 Å². The molecule has 3 aromatic heterocycles. The Bertz CT molecular complexity index is 1800. The zero-order valence-electron chi connectivity index (χ0n) is 25.5. The third-order valence-corrected chi connectivity index (χ3v) is 8.14. The molecule has 0 radical (unpaired) electrons. The van der Waals surface area contributed by atoms with Gasteiger partial charge < -0.3 is 24.6 Å². The van der Waals surface area contributed by atoms with Gasteiger partial charge in [-0.1, -0.05) is 30.3 Å². The van der Waals surface area contributed by atoms with E-state index in [0.29, 0.717) is 62.4 Å². The van der Waals surface area contributed by atoms with Crippen LogP contribution < -0.4 is 15.0 Å². The summed E-state index contributed by atoms with van der Waals surface area (Å²) in [4.78, 5) is 40.6. The monoisotopic (exact) mass is 614 g/mol. The summed E-state index contributed by atoms with van der Waals surface area (Å²) in [5.41, 5.74) is 5.31. The zero-order valence-corrected chi connectivity index (χ0v) is 25.5. The van der Waals surface area contributed by atoms with E-state index in [1.54, 1.807) is 36.9 Å². The molecule has 11 nitrogen and oxygen atoms in total. The van der Waals surface area contributed by atoms with E-state index in [0.717, 1.165) is 40.4 Å². The van der Waals surface area contributed by atoms with Crippen molar-refractivity contribution in [2.75, 3.05) is 36.5 Å². The number of fused-ring (bicyclic) bond motifs is 1. The highest BCUT2D eigenvalue weighted by Gasteiger charge is 2.30. The first kappa shape index (κ1) is 29.3. The number of hydrogen-bond donors (Lipinski definition) is 1. The van der Waals surface area contributed by atoms with E-state index >= 15 is 0 Å². The van der Waals surface area contributed by atoms with Crippen LogP contribution in [0.3, 0.4) is 0 Å². The molecule has 0 bridgehead atoms. The maximum absolute atomic E-state index is 13.3. The number of morpholine rings is 1. The van der Waals surface area contributed by atoms with Crippen molar-refractivity contribution in [1.29, 1.82) is 0 Å². The number of amides is 1. The molecule has 1 N–H and O–H groups in total. The molecule has 5 aromatic rings. The van der Waals surface area contributed by atoms with E-state index in [2.05, 4.69) is 32.1 Å². The number of rotatable bonds is 8. The van der Waals surface area contributed by atoms with Crippen molar-refractivity contribution in [1.82, 2.24) is 29.8 Å². The molecule has 46 heavy (non-hydrogen) atoms. The van der Waals surface area contributed by atoms with E-state index in [-0.39, 0.29) is 11.9 Å². The third-order valence-electron chi connectivity index (χ3n) is 8.14. The van der Waals surface area contributed by atoms with Gasteiger partial charge in [-0.25, -0.2) is 9.97 Å². The van der Waals surface area contributed by atoms with E-state index < -0.39 is 0 Å². The van der Waals surface area contributed by atoms with Crippen LogP contribution in [0.25, 0.3) is 11.4 Å². The lowest BCUT2D eigenvalue weighted by Crippen LogP contribution is -2.45. The van der Waals surface area contributed by atoms with Crippen molar-refractivity contribution < 1.29 is 14.3 Å². The van der Waals surface area contributed by atoms with Crippen LogP contribution in [-0.4, -0.2) is 68.1 Å². The summed E-state index contributed by atoms with van der Waals surface area (Å²) in [6.45, 7) is 5.60. The molecular weight excluding hydrogens is 580 g/mol. The third kappa shape index (κ3) is 6.50. The Morgan fingerprint density at radius 3 is 2.63 bits per heavy atom. The first-order valence-electron chi connectivity index (χ1n) is 15.4. The van der Waals surface area contributed by atoms with Crippen LogP contribution in [-0.2, 0) is 24.3 Å². The molecule has 232 valence electrons. The molecule has 5 heterocycles. The van der Waals surface area contributed by atoms with Gasteiger partial charge in [0.2, 0.25) is 5.88 Å². The minimum absolute atomic E-state index is 0.0479. The summed E-state index contributed by atoms with van der Waals surface area (Å²) in [6.07, 6.45) is 7.22. The lowest BCUT2D eigenvalue weighted by molar-refractivity contribution is 0.0731. The molecule has 1 fully saturated rings. The molecule has 1 amide bonds. The molecule has 0 saturated carbocycles. The van der Waals surface area contributed by atoms with Crippen molar-refractivity contribution in [3.05, 3.63) is 114 Å². The summed E-state index contributed by atoms with van der Waals surface area (Å²) in [5, 5.41) is 3.31. The normalized spacial score (nSPS) is 16.1. The van der Waals surface area contributed by atoms with Crippen LogP contribution >= 0.6 is 0 Å². The number of aromatic nitrogens is 5. The molecule has 0 spiro atoms. The quantitative estimate of drug-likeness (QED) is 0.254. The number of ether oxygens (including phenoxy) is 2. The minimum Gasteiger partial charge on any atom is -0.472 e. The van der Waals surface area contributed by atoms with Gasteiger partial charge in [0, 0.05) is 42.3 Å². The van der Waals surface area contributed by atoms with Crippen molar-refractivity contribution in [2.24, 2.45) is 0 Å². The second kappa shape index (κ2) is 13.3. The van der Waals surface area contributed by atoms with Gasteiger partial charge in [-0.05, 0) is 55.3 Å². The maximum Gasteiger partial charge on any atom is 0.255 e. The predicted octanol–water partition coefficient (Wildman–Crippen LogP) is 5.07. The number of anilines is 3. The fraction of sp³-hybridized carbons (Fsp3) is 0.257. The first-order chi connectivity index (χ1) is 22.6. The average molecular weight is 615 g/mol. The number of hydrogen-bond acceptors (Lipinski definition) is 10. The van der Waals surface area contributed by atoms with E-state index in [1.807, 2.05) is 59.5 Å². The van der Waals surface area contributed by atoms with Crippen LogP contribution in [0.5, 0.6) is 5.88 Å². The summed E-state index contributed by atoms with van der Waals surface area (Å²) in [5.74, 6) is 2.51. The topological polar surface area (TPSA) is 118 Å². The Morgan fingerprint density at radius 2 is 1.83 bits per heavy atom. The molecule has 0 aliphatic carbocycles. The highest BCUT2D eigenvalue weighted by atomic mass is 16.5. The number of carbonyl (C=O) groups is 1. The van der Waals surface area contributed by atoms with E-state index in [9.17, 15) is 4.79 Å². The molecule has 1 saturated heterocycles. The first-order valence-corrected chi connectivity index (χ1v) is 15.4. The van der Waals surface area contributed by atoms with Crippen LogP contribution in [0, 0.1) is 0 Å². The number of benzene rings is 2. The van der Waals surface area contributed by atoms with Crippen molar-refractivity contribution >= 4 is 23.2 Å². The van der Waals surface area contributed by atoms with Crippen LogP contribution in [0.2, 0.25) is 0 Å². The lowest BCUT2D eigenvalue weighted by atomic mass is 10.0. The summed E-state index contributed by atoms with van der Waals surface area (Å²) >= 11 is 0. The van der Waals surface area contributed by atoms with Gasteiger partial charge in [0.05, 0.1) is 49.5 Å². The average Bonchev–Trinajstić information content (AvgIpc) is 3.11. The molecule has 7 rings (SSSR count). The second-order valence-corrected chi connectivity index (χ2v) is 11.4.